The van der Waals surface area contributed by atoms with Crippen molar-refractivity contribution in [3.63, 3.8) is 0 Å². The van der Waals surface area contributed by atoms with Crippen LogP contribution < -0.4 is 0 Å². The predicted molar refractivity (Wildman–Crippen MR) is 87.6 cm³/mol. The van der Waals surface area contributed by atoms with Gasteiger partial charge in [-0.2, -0.15) is 0 Å². The van der Waals surface area contributed by atoms with Gasteiger partial charge in [-0.05, 0) is 18.8 Å². The maximum Gasteiger partial charge on any atom is 0.0835 e. The molecule has 0 aromatic rings. The first-order valence-electron chi connectivity index (χ1n) is 9.07. The highest BCUT2D eigenvalue weighted by atomic mass is 16.5. The molecule has 2 atom stereocenters. The SMILES string of the molecule is CC(C)COCCOC1CCCCCCCCCCC1O. The molecule has 0 aromatic heterocycles. The zero-order valence-corrected chi connectivity index (χ0v) is 14.2. The highest BCUT2D eigenvalue weighted by molar-refractivity contribution is 4.70. The Labute approximate surface area is 131 Å². The van der Waals surface area contributed by atoms with E-state index in [1.807, 2.05) is 0 Å². The lowest BCUT2D eigenvalue weighted by molar-refractivity contribution is -0.0650. The zero-order chi connectivity index (χ0) is 15.3. The molecule has 0 aromatic carbocycles. The molecular weight excluding hydrogens is 264 g/mol. The first kappa shape index (κ1) is 18.9. The second kappa shape index (κ2) is 12.4. The standard InChI is InChI=1S/C18H36O3/c1-16(2)15-20-13-14-21-18-12-10-8-6-4-3-5-7-9-11-17(18)19/h16-19H,3-15H2,1-2H3. The number of hydrogen-bond donors (Lipinski definition) is 1. The van der Waals surface area contributed by atoms with Crippen LogP contribution in [-0.4, -0.2) is 37.1 Å². The molecule has 0 spiro atoms. The van der Waals surface area contributed by atoms with Crippen molar-refractivity contribution in [3.05, 3.63) is 0 Å². The molecule has 0 bridgehead atoms. The quantitative estimate of drug-likeness (QED) is 0.742. The fourth-order valence-corrected chi connectivity index (χ4v) is 2.91. The second-order valence-corrected chi connectivity index (χ2v) is 6.85. The number of ether oxygens (including phenoxy) is 2. The molecule has 0 heterocycles. The first-order chi connectivity index (χ1) is 10.2. The molecule has 3 nitrogen and oxygen atoms in total. The van der Waals surface area contributed by atoms with Crippen LogP contribution in [0, 0.1) is 5.92 Å². The van der Waals surface area contributed by atoms with E-state index in [0.717, 1.165) is 25.9 Å². The molecule has 1 aliphatic rings. The van der Waals surface area contributed by atoms with Crippen LogP contribution in [0.5, 0.6) is 0 Å². The molecule has 0 aliphatic heterocycles. The van der Waals surface area contributed by atoms with Gasteiger partial charge in [0.25, 0.3) is 0 Å². The molecule has 21 heavy (non-hydrogen) atoms. The van der Waals surface area contributed by atoms with Gasteiger partial charge < -0.3 is 14.6 Å². The van der Waals surface area contributed by atoms with Crippen molar-refractivity contribution in [1.82, 2.24) is 0 Å². The molecule has 1 fully saturated rings. The topological polar surface area (TPSA) is 38.7 Å². The molecule has 1 rings (SSSR count). The van der Waals surface area contributed by atoms with E-state index in [1.165, 1.54) is 44.9 Å². The van der Waals surface area contributed by atoms with Crippen molar-refractivity contribution in [2.45, 2.75) is 90.3 Å². The Morgan fingerprint density at radius 3 is 2.05 bits per heavy atom. The van der Waals surface area contributed by atoms with E-state index >= 15 is 0 Å². The van der Waals surface area contributed by atoms with Crippen LogP contribution in [0.25, 0.3) is 0 Å². The molecule has 2 unspecified atom stereocenters. The summed E-state index contributed by atoms with van der Waals surface area (Å²) in [4.78, 5) is 0. The molecule has 0 amide bonds. The first-order valence-corrected chi connectivity index (χ1v) is 9.07. The molecule has 3 heteroatoms. The molecule has 1 saturated carbocycles. The van der Waals surface area contributed by atoms with Gasteiger partial charge in [-0.3, -0.25) is 0 Å². The largest absolute Gasteiger partial charge is 0.390 e. The number of aliphatic hydroxyl groups excluding tert-OH is 1. The predicted octanol–water partition coefficient (Wildman–Crippen LogP) is 4.32. The Bertz CT molecular complexity index is 231. The molecule has 0 saturated heterocycles. The Balaban J connectivity index is 2.24. The van der Waals surface area contributed by atoms with Crippen LogP contribution in [0.3, 0.4) is 0 Å². The summed E-state index contributed by atoms with van der Waals surface area (Å²) in [5.74, 6) is 0.567. The van der Waals surface area contributed by atoms with Crippen LogP contribution in [0.2, 0.25) is 0 Å². The normalized spacial score (nSPS) is 26.3. The van der Waals surface area contributed by atoms with Crippen LogP contribution in [0.4, 0.5) is 0 Å². The highest BCUT2D eigenvalue weighted by Gasteiger charge is 2.19. The summed E-state index contributed by atoms with van der Waals surface area (Å²) in [7, 11) is 0. The van der Waals surface area contributed by atoms with E-state index in [0.29, 0.717) is 19.1 Å². The van der Waals surface area contributed by atoms with Gasteiger partial charge in [0.15, 0.2) is 0 Å². The smallest absolute Gasteiger partial charge is 0.0835 e. The fraction of sp³-hybridized carbons (Fsp3) is 1.00. The summed E-state index contributed by atoms with van der Waals surface area (Å²) in [5.41, 5.74) is 0. The number of rotatable bonds is 6. The van der Waals surface area contributed by atoms with E-state index in [-0.39, 0.29) is 12.2 Å². The summed E-state index contributed by atoms with van der Waals surface area (Å²) >= 11 is 0. The van der Waals surface area contributed by atoms with Gasteiger partial charge in [-0.1, -0.05) is 65.2 Å². The second-order valence-electron chi connectivity index (χ2n) is 6.85. The summed E-state index contributed by atoms with van der Waals surface area (Å²) in [6.07, 6.45) is 11.8. The number of aliphatic hydroxyl groups is 1. The Hall–Kier alpha value is -0.120. The zero-order valence-electron chi connectivity index (χ0n) is 14.2. The van der Waals surface area contributed by atoms with Crippen molar-refractivity contribution < 1.29 is 14.6 Å². The molecular formula is C18H36O3. The highest BCUT2D eigenvalue weighted by Crippen LogP contribution is 2.19. The molecule has 0 radical (unpaired) electrons. The average Bonchev–Trinajstić information content (AvgIpc) is 2.44. The summed E-state index contributed by atoms with van der Waals surface area (Å²) in [6, 6.07) is 0. The number of hydrogen-bond acceptors (Lipinski definition) is 3. The summed E-state index contributed by atoms with van der Waals surface area (Å²) in [5, 5.41) is 10.3. The van der Waals surface area contributed by atoms with Gasteiger partial charge in [-0.25, -0.2) is 0 Å². The van der Waals surface area contributed by atoms with Crippen LogP contribution in [0.1, 0.15) is 78.1 Å². The Morgan fingerprint density at radius 1 is 0.857 bits per heavy atom. The maximum atomic E-state index is 10.3. The van der Waals surface area contributed by atoms with Gasteiger partial charge >= 0.3 is 0 Å². The van der Waals surface area contributed by atoms with Gasteiger partial charge in [0.05, 0.1) is 25.4 Å². The lowest BCUT2D eigenvalue weighted by atomic mass is 9.97. The maximum absolute atomic E-state index is 10.3. The third kappa shape index (κ3) is 10.3. The van der Waals surface area contributed by atoms with Crippen LogP contribution in [-0.2, 0) is 9.47 Å². The minimum absolute atomic E-state index is 0.00655. The molecule has 1 N–H and O–H groups in total. The van der Waals surface area contributed by atoms with Crippen molar-refractivity contribution in [3.8, 4) is 0 Å². The van der Waals surface area contributed by atoms with Crippen molar-refractivity contribution in [1.29, 1.82) is 0 Å². The van der Waals surface area contributed by atoms with E-state index in [2.05, 4.69) is 13.8 Å². The summed E-state index contributed by atoms with van der Waals surface area (Å²) < 4.78 is 11.5. The summed E-state index contributed by atoms with van der Waals surface area (Å²) in [6.45, 7) is 6.33. The van der Waals surface area contributed by atoms with Gasteiger partial charge in [-0.15, -0.1) is 0 Å². The van der Waals surface area contributed by atoms with Gasteiger partial charge in [0, 0.05) is 6.61 Å². The third-order valence-corrected chi connectivity index (χ3v) is 4.18. The van der Waals surface area contributed by atoms with Gasteiger partial charge in [0.1, 0.15) is 0 Å². The van der Waals surface area contributed by atoms with E-state index in [1.54, 1.807) is 0 Å². The van der Waals surface area contributed by atoms with E-state index in [4.69, 9.17) is 9.47 Å². The lowest BCUT2D eigenvalue weighted by Gasteiger charge is -2.24. The van der Waals surface area contributed by atoms with E-state index < -0.39 is 0 Å². The molecule has 1 aliphatic carbocycles. The van der Waals surface area contributed by atoms with Crippen molar-refractivity contribution >= 4 is 0 Å². The minimum Gasteiger partial charge on any atom is -0.390 e. The Morgan fingerprint density at radius 2 is 1.43 bits per heavy atom. The third-order valence-electron chi connectivity index (χ3n) is 4.18. The molecule has 126 valence electrons. The van der Waals surface area contributed by atoms with Crippen molar-refractivity contribution in [2.24, 2.45) is 5.92 Å². The van der Waals surface area contributed by atoms with Crippen LogP contribution in [0.15, 0.2) is 0 Å². The van der Waals surface area contributed by atoms with E-state index in [9.17, 15) is 5.11 Å². The Kier molecular flexibility index (Phi) is 11.2. The lowest BCUT2D eigenvalue weighted by Crippen LogP contribution is -2.30. The fourth-order valence-electron chi connectivity index (χ4n) is 2.91. The minimum atomic E-state index is -0.297. The van der Waals surface area contributed by atoms with Gasteiger partial charge in [0.2, 0.25) is 0 Å². The van der Waals surface area contributed by atoms with Crippen molar-refractivity contribution in [2.75, 3.05) is 19.8 Å². The van der Waals surface area contributed by atoms with Crippen LogP contribution >= 0.6 is 0 Å². The monoisotopic (exact) mass is 300 g/mol. The average molecular weight is 300 g/mol.